The molecule has 1 fully saturated rings. The zero-order chi connectivity index (χ0) is 16.1. The molecule has 1 unspecified atom stereocenters. The van der Waals surface area contributed by atoms with Gasteiger partial charge in [0.25, 0.3) is 0 Å². The van der Waals surface area contributed by atoms with Crippen LogP contribution in [0.5, 0.6) is 0 Å². The van der Waals surface area contributed by atoms with Crippen LogP contribution in [0.1, 0.15) is 24.5 Å². The quantitative estimate of drug-likeness (QED) is 0.903. The number of nitrogens with one attached hydrogen (secondary N) is 1. The van der Waals surface area contributed by atoms with E-state index in [2.05, 4.69) is 4.72 Å². The maximum absolute atomic E-state index is 13.6. The summed E-state index contributed by atoms with van der Waals surface area (Å²) in [5.41, 5.74) is -0.549. The van der Waals surface area contributed by atoms with E-state index < -0.39 is 31.2 Å². The topological polar surface area (TPSA) is 80.3 Å². The van der Waals surface area contributed by atoms with E-state index in [1.807, 2.05) is 0 Å². The molecule has 1 atom stereocenters. The molecular weight excluding hydrogens is 317 g/mol. The number of hydrogen-bond acceptors (Lipinski definition) is 4. The van der Waals surface area contributed by atoms with E-state index in [0.29, 0.717) is 0 Å². The Morgan fingerprint density at radius 3 is 2.19 bits per heavy atom. The monoisotopic (exact) mass is 335 g/mol. The van der Waals surface area contributed by atoms with E-state index in [0.717, 1.165) is 0 Å². The molecule has 1 aliphatic heterocycles. The molecule has 0 amide bonds. The fourth-order valence-electron chi connectivity index (χ4n) is 2.54. The maximum atomic E-state index is 13.6. The minimum absolute atomic E-state index is 0.0342. The molecule has 8 heteroatoms. The predicted molar refractivity (Wildman–Crippen MR) is 77.9 cm³/mol. The molecule has 0 aliphatic carbocycles. The Bertz CT molecular complexity index is 763. The van der Waals surface area contributed by atoms with Crippen LogP contribution in [0.3, 0.4) is 0 Å². The number of benzene rings is 1. The van der Waals surface area contributed by atoms with Crippen LogP contribution in [-0.4, -0.2) is 33.9 Å². The van der Waals surface area contributed by atoms with Crippen molar-refractivity contribution >= 4 is 19.9 Å². The van der Waals surface area contributed by atoms with Gasteiger partial charge in [-0.25, -0.2) is 25.9 Å². The van der Waals surface area contributed by atoms with Crippen LogP contribution in [-0.2, 0) is 19.9 Å². The number of halogens is 1. The van der Waals surface area contributed by atoms with Crippen LogP contribution >= 0.6 is 0 Å². The van der Waals surface area contributed by atoms with Gasteiger partial charge in [-0.05, 0) is 50.5 Å². The first-order chi connectivity index (χ1) is 9.44. The summed E-state index contributed by atoms with van der Waals surface area (Å²) < 4.78 is 63.9. The molecule has 0 radical (unpaired) electrons. The van der Waals surface area contributed by atoms with Crippen molar-refractivity contribution in [1.82, 2.24) is 4.72 Å². The van der Waals surface area contributed by atoms with Crippen LogP contribution in [0.25, 0.3) is 0 Å². The van der Waals surface area contributed by atoms with E-state index in [-0.39, 0.29) is 33.9 Å². The van der Waals surface area contributed by atoms with Crippen molar-refractivity contribution in [3.63, 3.8) is 0 Å². The van der Waals surface area contributed by atoms with Gasteiger partial charge in [-0.2, -0.15) is 0 Å². The Kier molecular flexibility index (Phi) is 3.92. The zero-order valence-electron chi connectivity index (χ0n) is 12.1. The Labute approximate surface area is 124 Å². The van der Waals surface area contributed by atoms with Gasteiger partial charge in [-0.3, -0.25) is 0 Å². The molecule has 0 saturated carbocycles. The number of sulfonamides is 1. The van der Waals surface area contributed by atoms with E-state index in [4.69, 9.17) is 0 Å². The van der Waals surface area contributed by atoms with Crippen LogP contribution in [0, 0.1) is 19.7 Å². The van der Waals surface area contributed by atoms with Gasteiger partial charge in [0.05, 0.1) is 16.4 Å². The summed E-state index contributed by atoms with van der Waals surface area (Å²) >= 11 is 0. The highest BCUT2D eigenvalue weighted by molar-refractivity contribution is 7.92. The largest absolute Gasteiger partial charge is 0.241 e. The van der Waals surface area contributed by atoms with E-state index in [9.17, 15) is 21.2 Å². The molecule has 1 aromatic carbocycles. The summed E-state index contributed by atoms with van der Waals surface area (Å²) in [5.74, 6) is -0.699. The first kappa shape index (κ1) is 16.4. The highest BCUT2D eigenvalue weighted by Crippen LogP contribution is 2.26. The Hall–Kier alpha value is -0.990. The summed E-state index contributed by atoms with van der Waals surface area (Å²) in [6.07, 6.45) is 0.230. The zero-order valence-corrected chi connectivity index (χ0v) is 13.7. The van der Waals surface area contributed by atoms with Crippen molar-refractivity contribution < 1.29 is 21.2 Å². The maximum Gasteiger partial charge on any atom is 0.241 e. The molecule has 1 aliphatic rings. The van der Waals surface area contributed by atoms with E-state index in [1.165, 1.54) is 26.0 Å². The lowest BCUT2D eigenvalue weighted by atomic mass is 10.0. The Morgan fingerprint density at radius 2 is 1.76 bits per heavy atom. The SMILES string of the molecule is Cc1cc(S(=O)(=O)NC2(C)CCS(=O)(=O)C2)cc(C)c1F. The fraction of sp³-hybridized carbons (Fsp3) is 0.538. The minimum Gasteiger partial charge on any atom is -0.229 e. The van der Waals surface area contributed by atoms with Crippen LogP contribution in [0.2, 0.25) is 0 Å². The highest BCUT2D eigenvalue weighted by atomic mass is 32.2. The lowest BCUT2D eigenvalue weighted by molar-refractivity contribution is 0.461. The van der Waals surface area contributed by atoms with Crippen LogP contribution < -0.4 is 4.72 Å². The summed E-state index contributed by atoms with van der Waals surface area (Å²) in [6.45, 7) is 4.55. The number of rotatable bonds is 3. The smallest absolute Gasteiger partial charge is 0.229 e. The van der Waals surface area contributed by atoms with Crippen LogP contribution in [0.4, 0.5) is 4.39 Å². The van der Waals surface area contributed by atoms with Crippen molar-refractivity contribution in [3.05, 3.63) is 29.1 Å². The van der Waals surface area contributed by atoms with Gasteiger partial charge in [0, 0.05) is 5.54 Å². The first-order valence-electron chi connectivity index (χ1n) is 6.45. The molecule has 5 nitrogen and oxygen atoms in total. The van der Waals surface area contributed by atoms with Gasteiger partial charge in [0.2, 0.25) is 10.0 Å². The van der Waals surface area contributed by atoms with Crippen molar-refractivity contribution in [2.75, 3.05) is 11.5 Å². The number of aryl methyl sites for hydroxylation is 2. The van der Waals surface area contributed by atoms with Gasteiger partial charge < -0.3 is 0 Å². The average molecular weight is 335 g/mol. The molecule has 0 spiro atoms. The van der Waals surface area contributed by atoms with Crippen molar-refractivity contribution in [2.24, 2.45) is 0 Å². The van der Waals surface area contributed by atoms with Crippen molar-refractivity contribution in [3.8, 4) is 0 Å². The number of hydrogen-bond donors (Lipinski definition) is 1. The van der Waals surface area contributed by atoms with Gasteiger partial charge in [0.1, 0.15) is 5.82 Å². The van der Waals surface area contributed by atoms with Crippen molar-refractivity contribution in [1.29, 1.82) is 0 Å². The normalized spacial score (nSPS) is 25.1. The molecule has 21 heavy (non-hydrogen) atoms. The first-order valence-corrected chi connectivity index (χ1v) is 9.76. The second-order valence-corrected chi connectivity index (χ2v) is 9.75. The fourth-order valence-corrected chi connectivity index (χ4v) is 6.32. The third-order valence-corrected chi connectivity index (χ3v) is 7.13. The van der Waals surface area contributed by atoms with Gasteiger partial charge in [-0.15, -0.1) is 0 Å². The molecule has 0 aromatic heterocycles. The Morgan fingerprint density at radius 1 is 1.24 bits per heavy atom. The van der Waals surface area contributed by atoms with Gasteiger partial charge in [0.15, 0.2) is 9.84 Å². The summed E-state index contributed by atoms with van der Waals surface area (Å²) in [5, 5.41) is 0. The molecule has 1 N–H and O–H groups in total. The third kappa shape index (κ3) is 3.44. The standard InChI is InChI=1S/C13H18FNO4S2/c1-9-6-11(7-10(2)12(9)14)21(18,19)15-13(3)4-5-20(16,17)8-13/h6-7,15H,4-5,8H2,1-3H3. The molecule has 1 saturated heterocycles. The lowest BCUT2D eigenvalue weighted by Crippen LogP contribution is -2.46. The minimum atomic E-state index is -3.90. The third-order valence-electron chi connectivity index (χ3n) is 3.60. The summed E-state index contributed by atoms with van der Waals surface area (Å²) in [6, 6.07) is 2.49. The molecule has 1 aromatic rings. The highest BCUT2D eigenvalue weighted by Gasteiger charge is 2.41. The molecule has 1 heterocycles. The van der Waals surface area contributed by atoms with Crippen LogP contribution in [0.15, 0.2) is 17.0 Å². The summed E-state index contributed by atoms with van der Waals surface area (Å²) in [7, 11) is -7.11. The second kappa shape index (κ2) is 5.03. The van der Waals surface area contributed by atoms with Gasteiger partial charge >= 0.3 is 0 Å². The van der Waals surface area contributed by atoms with Gasteiger partial charge in [-0.1, -0.05) is 0 Å². The average Bonchev–Trinajstić information content (AvgIpc) is 2.58. The molecule has 2 rings (SSSR count). The summed E-state index contributed by atoms with van der Waals surface area (Å²) in [4.78, 5) is -0.0515. The molecule has 0 bridgehead atoms. The van der Waals surface area contributed by atoms with E-state index >= 15 is 0 Å². The van der Waals surface area contributed by atoms with Crippen molar-refractivity contribution in [2.45, 2.75) is 37.6 Å². The Balaban J connectivity index is 2.36. The molecule has 118 valence electrons. The van der Waals surface area contributed by atoms with E-state index in [1.54, 1.807) is 6.92 Å². The number of sulfone groups is 1. The lowest BCUT2D eigenvalue weighted by Gasteiger charge is -2.23. The molecular formula is C13H18FNO4S2. The predicted octanol–water partition coefficient (Wildman–Crippen LogP) is 1.30. The second-order valence-electron chi connectivity index (χ2n) is 5.88.